The van der Waals surface area contributed by atoms with E-state index in [0.717, 1.165) is 5.56 Å². The summed E-state index contributed by atoms with van der Waals surface area (Å²) in [4.78, 5) is 5.56. The van der Waals surface area contributed by atoms with Gasteiger partial charge in [0.25, 0.3) is 0 Å². The van der Waals surface area contributed by atoms with Crippen molar-refractivity contribution in [1.82, 2.24) is 5.06 Å². The molecule has 0 N–H and O–H groups in total. The molecule has 1 aliphatic heterocycles. The second-order valence-corrected chi connectivity index (χ2v) is 4.64. The molecule has 0 radical (unpaired) electrons. The van der Waals surface area contributed by atoms with Crippen LogP contribution in [0.15, 0.2) is 18.2 Å². The first-order chi connectivity index (χ1) is 10.2. The van der Waals surface area contributed by atoms with Crippen molar-refractivity contribution in [2.45, 2.75) is 25.0 Å². The molecular formula is C15H17N3O3. The Morgan fingerprint density at radius 2 is 2.05 bits per heavy atom. The van der Waals surface area contributed by atoms with Gasteiger partial charge in [-0.3, -0.25) is 4.84 Å². The first kappa shape index (κ1) is 15.1. The molecule has 2 atom stereocenters. The van der Waals surface area contributed by atoms with E-state index in [9.17, 15) is 0 Å². The van der Waals surface area contributed by atoms with Crippen LogP contribution in [-0.4, -0.2) is 31.9 Å². The van der Waals surface area contributed by atoms with Crippen molar-refractivity contribution in [1.29, 1.82) is 10.5 Å². The Labute approximate surface area is 124 Å². The minimum Gasteiger partial charge on any atom is -0.493 e. The molecule has 1 aromatic rings. The maximum atomic E-state index is 9.05. The minimum atomic E-state index is -0.484. The molecule has 1 saturated heterocycles. The lowest BCUT2D eigenvalue weighted by Gasteiger charge is -2.22. The second kappa shape index (κ2) is 6.94. The van der Waals surface area contributed by atoms with Gasteiger partial charge in [-0.05, 0) is 17.7 Å². The van der Waals surface area contributed by atoms with Gasteiger partial charge < -0.3 is 9.47 Å². The van der Waals surface area contributed by atoms with E-state index in [2.05, 4.69) is 12.1 Å². The van der Waals surface area contributed by atoms with Crippen molar-refractivity contribution in [3.8, 4) is 23.6 Å². The smallest absolute Gasteiger partial charge is 0.167 e. The van der Waals surface area contributed by atoms with Crippen molar-refractivity contribution in [2.75, 3.05) is 20.8 Å². The van der Waals surface area contributed by atoms with Gasteiger partial charge in [-0.2, -0.15) is 15.6 Å². The minimum absolute atomic E-state index is 0.0668. The van der Waals surface area contributed by atoms with Crippen molar-refractivity contribution >= 4 is 0 Å². The van der Waals surface area contributed by atoms with Crippen LogP contribution in [0.4, 0.5) is 0 Å². The first-order valence-electron chi connectivity index (χ1n) is 6.65. The van der Waals surface area contributed by atoms with Gasteiger partial charge in [0.15, 0.2) is 17.6 Å². The third kappa shape index (κ3) is 3.25. The van der Waals surface area contributed by atoms with E-state index in [0.29, 0.717) is 30.9 Å². The monoisotopic (exact) mass is 287 g/mol. The molecule has 0 aromatic heterocycles. The zero-order chi connectivity index (χ0) is 15.2. The fourth-order valence-electron chi connectivity index (χ4n) is 2.41. The number of benzene rings is 1. The number of hydrogen-bond donors (Lipinski definition) is 0. The van der Waals surface area contributed by atoms with E-state index in [1.807, 2.05) is 18.2 Å². The molecule has 0 amide bonds. The van der Waals surface area contributed by atoms with Crippen LogP contribution >= 0.6 is 0 Å². The second-order valence-electron chi connectivity index (χ2n) is 4.64. The average molecular weight is 287 g/mol. The molecule has 2 unspecified atom stereocenters. The zero-order valence-electron chi connectivity index (χ0n) is 12.1. The summed E-state index contributed by atoms with van der Waals surface area (Å²) in [5.41, 5.74) is 0.975. The molecule has 1 aliphatic rings. The van der Waals surface area contributed by atoms with E-state index in [4.69, 9.17) is 24.8 Å². The van der Waals surface area contributed by atoms with Crippen LogP contribution in [0.25, 0.3) is 0 Å². The summed E-state index contributed by atoms with van der Waals surface area (Å²) in [5, 5.41) is 19.5. The Morgan fingerprint density at radius 3 is 2.67 bits per heavy atom. The number of methoxy groups -OCH3 is 2. The maximum absolute atomic E-state index is 9.05. The molecule has 110 valence electrons. The molecule has 0 bridgehead atoms. The van der Waals surface area contributed by atoms with Gasteiger partial charge in [0.1, 0.15) is 0 Å². The highest BCUT2D eigenvalue weighted by Crippen LogP contribution is 2.37. The summed E-state index contributed by atoms with van der Waals surface area (Å²) in [5.74, 6) is 1.29. The maximum Gasteiger partial charge on any atom is 0.167 e. The predicted octanol–water partition coefficient (Wildman–Crippen LogP) is 2.19. The highest BCUT2D eigenvalue weighted by molar-refractivity contribution is 5.44. The van der Waals surface area contributed by atoms with E-state index in [1.54, 1.807) is 19.3 Å². The first-order valence-corrected chi connectivity index (χ1v) is 6.65. The van der Waals surface area contributed by atoms with Gasteiger partial charge in [-0.25, -0.2) is 0 Å². The number of ether oxygens (including phenoxy) is 2. The fraction of sp³-hybridized carbons (Fsp3) is 0.467. The van der Waals surface area contributed by atoms with E-state index < -0.39 is 6.10 Å². The zero-order valence-corrected chi connectivity index (χ0v) is 12.1. The standard InChI is InChI=1S/C15H17N3O3/c1-19-14-5-4-11(8-15(14)20-2)13-9-12(10-17)21-18(13)7-3-6-16/h4-5,8,12-13H,3,7,9H2,1-2H3. The Morgan fingerprint density at radius 1 is 1.29 bits per heavy atom. The largest absolute Gasteiger partial charge is 0.493 e. The van der Waals surface area contributed by atoms with Gasteiger partial charge in [0, 0.05) is 13.0 Å². The van der Waals surface area contributed by atoms with Gasteiger partial charge >= 0.3 is 0 Å². The van der Waals surface area contributed by atoms with Crippen LogP contribution in [0.5, 0.6) is 11.5 Å². The Kier molecular flexibility index (Phi) is 4.99. The Balaban J connectivity index is 2.25. The third-order valence-corrected chi connectivity index (χ3v) is 3.43. The molecule has 6 heteroatoms. The Hall–Kier alpha value is -2.28. The van der Waals surface area contributed by atoms with Crippen LogP contribution < -0.4 is 9.47 Å². The van der Waals surface area contributed by atoms with Crippen LogP contribution in [0, 0.1) is 22.7 Å². The van der Waals surface area contributed by atoms with Gasteiger partial charge in [-0.15, -0.1) is 0 Å². The molecule has 21 heavy (non-hydrogen) atoms. The van der Waals surface area contributed by atoms with Gasteiger partial charge in [-0.1, -0.05) is 6.07 Å². The summed E-state index contributed by atoms with van der Waals surface area (Å²) in [6.45, 7) is 0.466. The van der Waals surface area contributed by atoms with Gasteiger partial charge in [0.2, 0.25) is 0 Å². The van der Waals surface area contributed by atoms with Crippen molar-refractivity contribution < 1.29 is 14.3 Å². The molecule has 2 rings (SSSR count). The topological polar surface area (TPSA) is 78.5 Å². The van der Waals surface area contributed by atoms with Crippen LogP contribution in [0.1, 0.15) is 24.4 Å². The Bertz CT molecular complexity index is 577. The lowest BCUT2D eigenvalue weighted by atomic mass is 10.0. The van der Waals surface area contributed by atoms with Gasteiger partial charge in [0.05, 0.1) is 38.8 Å². The summed E-state index contributed by atoms with van der Waals surface area (Å²) < 4.78 is 10.5. The molecule has 6 nitrogen and oxygen atoms in total. The van der Waals surface area contributed by atoms with E-state index in [1.165, 1.54) is 0 Å². The molecule has 0 spiro atoms. The third-order valence-electron chi connectivity index (χ3n) is 3.43. The fourth-order valence-corrected chi connectivity index (χ4v) is 2.41. The molecule has 0 aliphatic carbocycles. The highest BCUT2D eigenvalue weighted by atomic mass is 16.7. The van der Waals surface area contributed by atoms with E-state index >= 15 is 0 Å². The van der Waals surface area contributed by atoms with E-state index in [-0.39, 0.29) is 6.04 Å². The quantitative estimate of drug-likeness (QED) is 0.826. The normalized spacial score (nSPS) is 21.5. The molecule has 1 heterocycles. The number of nitrogens with zero attached hydrogens (tertiary/aromatic N) is 3. The van der Waals surface area contributed by atoms with Crippen molar-refractivity contribution in [3.63, 3.8) is 0 Å². The highest BCUT2D eigenvalue weighted by Gasteiger charge is 2.34. The number of hydroxylamine groups is 2. The lowest BCUT2D eigenvalue weighted by molar-refractivity contribution is -0.148. The summed E-state index contributed by atoms with van der Waals surface area (Å²) in [6, 6.07) is 9.78. The van der Waals surface area contributed by atoms with Crippen LogP contribution in [0.3, 0.4) is 0 Å². The molecule has 1 aromatic carbocycles. The lowest BCUT2D eigenvalue weighted by Crippen LogP contribution is -2.23. The predicted molar refractivity (Wildman–Crippen MR) is 74.3 cm³/mol. The summed E-state index contributed by atoms with van der Waals surface area (Å²) in [7, 11) is 3.17. The molecule has 0 saturated carbocycles. The molecule has 1 fully saturated rings. The number of nitriles is 2. The summed E-state index contributed by atoms with van der Waals surface area (Å²) in [6.07, 6.45) is 0.432. The van der Waals surface area contributed by atoms with Crippen molar-refractivity contribution in [2.24, 2.45) is 0 Å². The van der Waals surface area contributed by atoms with Crippen molar-refractivity contribution in [3.05, 3.63) is 23.8 Å². The van der Waals surface area contributed by atoms with Crippen LogP contribution in [-0.2, 0) is 4.84 Å². The van der Waals surface area contributed by atoms with Crippen LogP contribution in [0.2, 0.25) is 0 Å². The summed E-state index contributed by atoms with van der Waals surface area (Å²) >= 11 is 0. The SMILES string of the molecule is COc1ccc(C2CC(C#N)ON2CCC#N)cc1OC. The average Bonchev–Trinajstić information content (AvgIpc) is 2.95. The number of hydrogen-bond acceptors (Lipinski definition) is 6. The molecular weight excluding hydrogens is 270 g/mol. The number of rotatable bonds is 5.